The fourth-order valence-electron chi connectivity index (χ4n) is 1.70. The second kappa shape index (κ2) is 7.01. The van der Waals surface area contributed by atoms with E-state index in [1.165, 1.54) is 0 Å². The van der Waals surface area contributed by atoms with Gasteiger partial charge in [0.25, 0.3) is 0 Å². The first-order chi connectivity index (χ1) is 8.91. The molecular formula is C14H19NO4. The van der Waals surface area contributed by atoms with Crippen LogP contribution in [0.4, 0.5) is 0 Å². The fourth-order valence-corrected chi connectivity index (χ4v) is 1.70. The van der Waals surface area contributed by atoms with Crippen molar-refractivity contribution in [3.05, 3.63) is 35.9 Å². The van der Waals surface area contributed by atoms with Gasteiger partial charge in [0.05, 0.1) is 6.04 Å². The number of benzene rings is 1. The van der Waals surface area contributed by atoms with Crippen LogP contribution in [0.3, 0.4) is 0 Å². The summed E-state index contributed by atoms with van der Waals surface area (Å²) in [6, 6.07) is 9.24. The van der Waals surface area contributed by atoms with Crippen molar-refractivity contribution in [3.8, 4) is 0 Å². The summed E-state index contributed by atoms with van der Waals surface area (Å²) < 4.78 is 0. The molecule has 0 fully saturated rings. The molecule has 0 bridgehead atoms. The maximum Gasteiger partial charge on any atom is 0.332 e. The molecule has 1 aromatic rings. The van der Waals surface area contributed by atoms with Crippen molar-refractivity contribution in [2.24, 2.45) is 0 Å². The molecule has 0 saturated heterocycles. The van der Waals surface area contributed by atoms with Crippen molar-refractivity contribution in [2.45, 2.75) is 32.0 Å². The second-order valence-corrected chi connectivity index (χ2v) is 4.60. The van der Waals surface area contributed by atoms with E-state index in [1.807, 2.05) is 35.2 Å². The Labute approximate surface area is 112 Å². The Balaban J connectivity index is 2.54. The minimum atomic E-state index is -1.62. The second-order valence-electron chi connectivity index (χ2n) is 4.60. The summed E-state index contributed by atoms with van der Waals surface area (Å²) in [4.78, 5) is 24.2. The largest absolute Gasteiger partial charge is 0.479 e. The monoisotopic (exact) mass is 265 g/mol. The quantitative estimate of drug-likeness (QED) is 0.766. The van der Waals surface area contributed by atoms with E-state index in [4.69, 9.17) is 5.11 Å². The maximum absolute atomic E-state index is 11.8. The Hall–Kier alpha value is -1.72. The Morgan fingerprint density at radius 3 is 2.37 bits per heavy atom. The number of carbonyl (C=O) groups excluding carboxylic acids is 1. The standard InChI is InChI=1S/C14H19NO4/c1-10(12(16)8-13(17)14(18)19)15(2)9-11-6-4-3-5-7-11/h3-7,10,13,17H,8-9H2,1-2H3,(H,18,19)/t10-,13?/m0/s1. The summed E-state index contributed by atoms with van der Waals surface area (Å²) in [5.74, 6) is -1.65. The Bertz CT molecular complexity index is 432. The molecule has 1 aromatic carbocycles. The number of Topliss-reactive ketones (excluding diaryl/α,β-unsaturated/α-hetero) is 1. The Morgan fingerprint density at radius 1 is 1.26 bits per heavy atom. The summed E-state index contributed by atoms with van der Waals surface area (Å²) in [5, 5.41) is 17.7. The number of aliphatic hydroxyl groups excluding tert-OH is 1. The lowest BCUT2D eigenvalue weighted by Gasteiger charge is -2.24. The number of carbonyl (C=O) groups is 2. The van der Waals surface area contributed by atoms with Crippen LogP contribution in [0, 0.1) is 0 Å². The van der Waals surface area contributed by atoms with Gasteiger partial charge < -0.3 is 10.2 Å². The van der Waals surface area contributed by atoms with Crippen molar-refractivity contribution in [1.29, 1.82) is 0 Å². The molecule has 0 radical (unpaired) electrons. The van der Waals surface area contributed by atoms with Gasteiger partial charge in [0.1, 0.15) is 0 Å². The lowest BCUT2D eigenvalue weighted by molar-refractivity contribution is -0.149. The molecule has 19 heavy (non-hydrogen) atoms. The zero-order chi connectivity index (χ0) is 14.4. The van der Waals surface area contributed by atoms with Gasteiger partial charge in [0.2, 0.25) is 0 Å². The minimum absolute atomic E-state index is 0.284. The molecule has 104 valence electrons. The normalized spacial score (nSPS) is 14.1. The van der Waals surface area contributed by atoms with E-state index in [1.54, 1.807) is 14.0 Å². The molecule has 1 rings (SSSR count). The molecule has 2 N–H and O–H groups in total. The van der Waals surface area contributed by atoms with Crippen LogP contribution < -0.4 is 0 Å². The zero-order valence-electron chi connectivity index (χ0n) is 11.1. The highest BCUT2D eigenvalue weighted by Crippen LogP contribution is 2.09. The highest BCUT2D eigenvalue weighted by atomic mass is 16.4. The van der Waals surface area contributed by atoms with Gasteiger partial charge >= 0.3 is 5.97 Å². The Kier molecular flexibility index (Phi) is 5.66. The van der Waals surface area contributed by atoms with Crippen LogP contribution in [-0.4, -0.2) is 46.1 Å². The van der Waals surface area contributed by atoms with Gasteiger partial charge in [-0.25, -0.2) is 4.79 Å². The van der Waals surface area contributed by atoms with Gasteiger partial charge in [0, 0.05) is 13.0 Å². The van der Waals surface area contributed by atoms with Crippen molar-refractivity contribution < 1.29 is 19.8 Å². The molecule has 0 aromatic heterocycles. The molecule has 0 aliphatic rings. The number of aliphatic hydroxyl groups is 1. The molecule has 5 heteroatoms. The van der Waals surface area contributed by atoms with E-state index in [9.17, 15) is 14.7 Å². The van der Waals surface area contributed by atoms with Gasteiger partial charge in [-0.1, -0.05) is 30.3 Å². The number of ketones is 1. The summed E-state index contributed by atoms with van der Waals surface area (Å²) in [6.07, 6.45) is -1.99. The number of carboxylic acids is 1. The van der Waals surface area contributed by atoms with Crippen LogP contribution in [0.25, 0.3) is 0 Å². The Morgan fingerprint density at radius 2 is 1.84 bits per heavy atom. The van der Waals surface area contributed by atoms with E-state index in [2.05, 4.69) is 0 Å². The number of hydrogen-bond donors (Lipinski definition) is 2. The van der Waals surface area contributed by atoms with Crippen molar-refractivity contribution in [1.82, 2.24) is 4.90 Å². The van der Waals surface area contributed by atoms with E-state index < -0.39 is 18.1 Å². The molecular weight excluding hydrogens is 246 g/mol. The first kappa shape index (κ1) is 15.3. The molecule has 0 aliphatic heterocycles. The predicted molar refractivity (Wildman–Crippen MR) is 70.6 cm³/mol. The molecule has 5 nitrogen and oxygen atoms in total. The van der Waals surface area contributed by atoms with E-state index in [0.29, 0.717) is 6.54 Å². The van der Waals surface area contributed by atoms with Crippen LogP contribution >= 0.6 is 0 Å². The summed E-state index contributed by atoms with van der Waals surface area (Å²) >= 11 is 0. The maximum atomic E-state index is 11.8. The smallest absolute Gasteiger partial charge is 0.332 e. The van der Waals surface area contributed by atoms with Crippen molar-refractivity contribution in [2.75, 3.05) is 7.05 Å². The van der Waals surface area contributed by atoms with E-state index >= 15 is 0 Å². The van der Waals surface area contributed by atoms with Gasteiger partial charge in [-0.3, -0.25) is 9.69 Å². The van der Waals surface area contributed by atoms with E-state index in [0.717, 1.165) is 5.56 Å². The lowest BCUT2D eigenvalue weighted by Crippen LogP contribution is -2.38. The molecule has 1 unspecified atom stereocenters. The lowest BCUT2D eigenvalue weighted by atomic mass is 10.1. The van der Waals surface area contributed by atoms with Crippen LogP contribution in [0.2, 0.25) is 0 Å². The molecule has 0 saturated carbocycles. The third-order valence-electron chi connectivity index (χ3n) is 3.08. The van der Waals surface area contributed by atoms with Crippen LogP contribution in [0.1, 0.15) is 18.9 Å². The number of carboxylic acid groups (broad SMARTS) is 1. The van der Waals surface area contributed by atoms with E-state index in [-0.39, 0.29) is 12.2 Å². The van der Waals surface area contributed by atoms with Crippen LogP contribution in [-0.2, 0) is 16.1 Å². The minimum Gasteiger partial charge on any atom is -0.479 e. The van der Waals surface area contributed by atoms with Crippen molar-refractivity contribution in [3.63, 3.8) is 0 Å². The summed E-state index contributed by atoms with van der Waals surface area (Å²) in [6.45, 7) is 2.30. The number of nitrogens with zero attached hydrogens (tertiary/aromatic N) is 1. The first-order valence-electron chi connectivity index (χ1n) is 6.09. The van der Waals surface area contributed by atoms with Gasteiger partial charge in [-0.15, -0.1) is 0 Å². The topological polar surface area (TPSA) is 77.8 Å². The SMILES string of the molecule is C[C@@H](C(=O)CC(O)C(=O)O)N(C)Cc1ccccc1. The highest BCUT2D eigenvalue weighted by Gasteiger charge is 2.24. The van der Waals surface area contributed by atoms with Gasteiger partial charge in [0.15, 0.2) is 11.9 Å². The van der Waals surface area contributed by atoms with Gasteiger partial charge in [-0.05, 0) is 19.5 Å². The fraction of sp³-hybridized carbons (Fsp3) is 0.429. The van der Waals surface area contributed by atoms with Crippen LogP contribution in [0.15, 0.2) is 30.3 Å². The molecule has 0 heterocycles. The predicted octanol–water partition coefficient (Wildman–Crippen LogP) is 0.912. The number of aliphatic carboxylic acids is 1. The molecule has 0 amide bonds. The van der Waals surface area contributed by atoms with Gasteiger partial charge in [-0.2, -0.15) is 0 Å². The average Bonchev–Trinajstić information content (AvgIpc) is 2.38. The van der Waals surface area contributed by atoms with Crippen molar-refractivity contribution >= 4 is 11.8 Å². The summed E-state index contributed by atoms with van der Waals surface area (Å²) in [5.41, 5.74) is 1.07. The van der Waals surface area contributed by atoms with Crippen LogP contribution in [0.5, 0.6) is 0 Å². The number of hydrogen-bond acceptors (Lipinski definition) is 4. The third-order valence-corrected chi connectivity index (χ3v) is 3.08. The number of likely N-dealkylation sites (N-methyl/N-ethyl adjacent to an activating group) is 1. The molecule has 0 spiro atoms. The third kappa shape index (κ3) is 4.81. The molecule has 0 aliphatic carbocycles. The molecule has 2 atom stereocenters. The average molecular weight is 265 g/mol. The number of rotatable bonds is 7. The highest BCUT2D eigenvalue weighted by molar-refractivity contribution is 5.88. The first-order valence-corrected chi connectivity index (χ1v) is 6.09. The zero-order valence-corrected chi connectivity index (χ0v) is 11.1. The summed E-state index contributed by atoms with van der Waals surface area (Å²) in [7, 11) is 1.79.